The van der Waals surface area contributed by atoms with Gasteiger partial charge in [0.05, 0.1) is 0 Å². The van der Waals surface area contributed by atoms with Crippen LogP contribution in [-0.4, -0.2) is 30.6 Å². The van der Waals surface area contributed by atoms with Crippen LogP contribution in [0.25, 0.3) is 11.0 Å². The van der Waals surface area contributed by atoms with Gasteiger partial charge in [-0.1, -0.05) is 18.2 Å². The van der Waals surface area contributed by atoms with Crippen molar-refractivity contribution in [1.82, 2.24) is 10.2 Å². The molecule has 2 aromatic rings. The number of nitrogens with one attached hydrogen (secondary N) is 1. The molecule has 3 rings (SSSR count). The van der Waals surface area contributed by atoms with Crippen LogP contribution < -0.4 is 5.32 Å². The van der Waals surface area contributed by atoms with Crippen molar-refractivity contribution in [3.05, 3.63) is 35.6 Å². The molecule has 1 saturated heterocycles. The van der Waals surface area contributed by atoms with Gasteiger partial charge in [0, 0.05) is 30.1 Å². The quantitative estimate of drug-likeness (QED) is 0.905. The third-order valence-electron chi connectivity index (χ3n) is 4.26. The van der Waals surface area contributed by atoms with Gasteiger partial charge in [-0.3, -0.25) is 0 Å². The van der Waals surface area contributed by atoms with Crippen LogP contribution in [0.1, 0.15) is 31.1 Å². The van der Waals surface area contributed by atoms with E-state index in [-0.39, 0.29) is 0 Å². The SMILES string of the molecule is Cc1oc2ccccc2c1CNC(C)CN1CCCC1. The molecule has 0 aliphatic carbocycles. The maximum Gasteiger partial charge on any atom is 0.134 e. The van der Waals surface area contributed by atoms with Crippen molar-refractivity contribution in [2.24, 2.45) is 0 Å². The third-order valence-corrected chi connectivity index (χ3v) is 4.26. The second-order valence-corrected chi connectivity index (χ2v) is 5.92. The summed E-state index contributed by atoms with van der Waals surface area (Å²) >= 11 is 0. The molecule has 108 valence electrons. The minimum absolute atomic E-state index is 0.515. The van der Waals surface area contributed by atoms with Gasteiger partial charge in [0.15, 0.2) is 0 Å². The topological polar surface area (TPSA) is 28.4 Å². The van der Waals surface area contributed by atoms with Crippen molar-refractivity contribution >= 4 is 11.0 Å². The van der Waals surface area contributed by atoms with Gasteiger partial charge in [0.25, 0.3) is 0 Å². The average molecular weight is 272 g/mol. The number of hydrogen-bond acceptors (Lipinski definition) is 3. The lowest BCUT2D eigenvalue weighted by molar-refractivity contribution is 0.298. The van der Waals surface area contributed by atoms with E-state index in [0.717, 1.165) is 24.4 Å². The molecule has 3 heteroatoms. The Morgan fingerprint density at radius 3 is 2.80 bits per heavy atom. The van der Waals surface area contributed by atoms with Crippen LogP contribution in [0, 0.1) is 6.92 Å². The Kier molecular flexibility index (Phi) is 4.08. The van der Waals surface area contributed by atoms with Gasteiger partial charge >= 0.3 is 0 Å². The standard InChI is InChI=1S/C17H24N2O/c1-13(12-19-9-5-6-10-19)18-11-16-14(2)20-17-8-4-3-7-15(16)17/h3-4,7-8,13,18H,5-6,9-12H2,1-2H3. The fourth-order valence-corrected chi connectivity index (χ4v) is 3.13. The van der Waals surface area contributed by atoms with Crippen LogP contribution in [0.15, 0.2) is 28.7 Å². The van der Waals surface area contributed by atoms with E-state index in [1.807, 2.05) is 12.1 Å². The van der Waals surface area contributed by atoms with E-state index in [0.29, 0.717) is 6.04 Å². The predicted molar refractivity (Wildman–Crippen MR) is 82.9 cm³/mol. The molecule has 1 aliphatic heterocycles. The first-order chi connectivity index (χ1) is 9.74. The maximum atomic E-state index is 5.81. The van der Waals surface area contributed by atoms with Crippen molar-refractivity contribution in [2.45, 2.75) is 39.3 Å². The summed E-state index contributed by atoms with van der Waals surface area (Å²) < 4.78 is 5.81. The highest BCUT2D eigenvalue weighted by Gasteiger charge is 2.15. The molecule has 0 amide bonds. The van der Waals surface area contributed by atoms with E-state index in [4.69, 9.17) is 4.42 Å². The summed E-state index contributed by atoms with van der Waals surface area (Å²) in [5, 5.41) is 4.88. The van der Waals surface area contributed by atoms with E-state index in [1.165, 1.54) is 36.9 Å². The summed E-state index contributed by atoms with van der Waals surface area (Å²) in [6.07, 6.45) is 2.72. The average Bonchev–Trinajstić information content (AvgIpc) is 3.03. The zero-order chi connectivity index (χ0) is 13.9. The van der Waals surface area contributed by atoms with Crippen molar-refractivity contribution in [3.63, 3.8) is 0 Å². The Bertz CT molecular complexity index is 569. The second-order valence-electron chi connectivity index (χ2n) is 5.92. The van der Waals surface area contributed by atoms with Crippen LogP contribution in [0.4, 0.5) is 0 Å². The van der Waals surface area contributed by atoms with Gasteiger partial charge in [-0.2, -0.15) is 0 Å². The first-order valence-electron chi connectivity index (χ1n) is 7.67. The highest BCUT2D eigenvalue weighted by molar-refractivity contribution is 5.82. The Balaban J connectivity index is 1.62. The minimum Gasteiger partial charge on any atom is -0.461 e. The highest BCUT2D eigenvalue weighted by Crippen LogP contribution is 2.25. The van der Waals surface area contributed by atoms with Crippen LogP contribution in [0.5, 0.6) is 0 Å². The summed E-state index contributed by atoms with van der Waals surface area (Å²) in [5.74, 6) is 1.03. The molecule has 1 unspecified atom stereocenters. The van der Waals surface area contributed by atoms with Crippen molar-refractivity contribution in [2.75, 3.05) is 19.6 Å². The molecule has 0 spiro atoms. The van der Waals surface area contributed by atoms with E-state index < -0.39 is 0 Å². The van der Waals surface area contributed by atoms with Crippen molar-refractivity contribution < 1.29 is 4.42 Å². The molecular weight excluding hydrogens is 248 g/mol. The Morgan fingerprint density at radius 2 is 2.00 bits per heavy atom. The van der Waals surface area contributed by atoms with E-state index in [1.54, 1.807) is 0 Å². The number of likely N-dealkylation sites (tertiary alicyclic amines) is 1. The predicted octanol–water partition coefficient (Wildman–Crippen LogP) is 3.32. The normalized spacial score (nSPS) is 17.9. The first-order valence-corrected chi connectivity index (χ1v) is 7.67. The molecule has 20 heavy (non-hydrogen) atoms. The van der Waals surface area contributed by atoms with Crippen LogP contribution >= 0.6 is 0 Å². The lowest BCUT2D eigenvalue weighted by Crippen LogP contribution is -2.37. The molecule has 1 aliphatic rings. The minimum atomic E-state index is 0.515. The number of hydrogen-bond donors (Lipinski definition) is 1. The van der Waals surface area contributed by atoms with Gasteiger partial charge in [0.2, 0.25) is 0 Å². The number of rotatable bonds is 5. The molecule has 2 heterocycles. The number of fused-ring (bicyclic) bond motifs is 1. The van der Waals surface area contributed by atoms with E-state index in [9.17, 15) is 0 Å². The Morgan fingerprint density at radius 1 is 1.25 bits per heavy atom. The molecular formula is C17H24N2O. The van der Waals surface area contributed by atoms with Crippen LogP contribution in [-0.2, 0) is 6.54 Å². The summed E-state index contributed by atoms with van der Waals surface area (Å²) in [4.78, 5) is 2.55. The van der Waals surface area contributed by atoms with Crippen molar-refractivity contribution in [3.8, 4) is 0 Å². The number of aryl methyl sites for hydroxylation is 1. The zero-order valence-electron chi connectivity index (χ0n) is 12.5. The molecule has 3 nitrogen and oxygen atoms in total. The number of nitrogens with zero attached hydrogens (tertiary/aromatic N) is 1. The van der Waals surface area contributed by atoms with E-state index >= 15 is 0 Å². The summed E-state index contributed by atoms with van der Waals surface area (Å²) in [6, 6.07) is 8.81. The Hall–Kier alpha value is -1.32. The smallest absolute Gasteiger partial charge is 0.134 e. The molecule has 0 bridgehead atoms. The van der Waals surface area contributed by atoms with Crippen molar-refractivity contribution in [1.29, 1.82) is 0 Å². The van der Waals surface area contributed by atoms with Crippen LogP contribution in [0.3, 0.4) is 0 Å². The number of para-hydroxylation sites is 1. The summed E-state index contributed by atoms with van der Waals surface area (Å²) in [7, 11) is 0. The molecule has 1 N–H and O–H groups in total. The molecule has 1 aromatic carbocycles. The monoisotopic (exact) mass is 272 g/mol. The number of benzene rings is 1. The largest absolute Gasteiger partial charge is 0.461 e. The fraction of sp³-hybridized carbons (Fsp3) is 0.529. The lowest BCUT2D eigenvalue weighted by atomic mass is 10.1. The lowest BCUT2D eigenvalue weighted by Gasteiger charge is -2.21. The molecule has 1 fully saturated rings. The van der Waals surface area contributed by atoms with Gasteiger partial charge in [-0.05, 0) is 45.8 Å². The van der Waals surface area contributed by atoms with Gasteiger partial charge in [0.1, 0.15) is 11.3 Å². The first kappa shape index (κ1) is 13.7. The van der Waals surface area contributed by atoms with E-state index in [2.05, 4.69) is 36.2 Å². The molecule has 0 saturated carbocycles. The number of furan rings is 1. The van der Waals surface area contributed by atoms with Gasteiger partial charge in [-0.25, -0.2) is 0 Å². The summed E-state index contributed by atoms with van der Waals surface area (Å²) in [5.41, 5.74) is 2.29. The van der Waals surface area contributed by atoms with Crippen LogP contribution in [0.2, 0.25) is 0 Å². The zero-order valence-corrected chi connectivity index (χ0v) is 12.5. The molecule has 0 radical (unpaired) electrons. The maximum absolute atomic E-state index is 5.81. The van der Waals surface area contributed by atoms with Gasteiger partial charge in [-0.15, -0.1) is 0 Å². The molecule has 1 atom stereocenters. The third kappa shape index (κ3) is 2.89. The highest BCUT2D eigenvalue weighted by atomic mass is 16.3. The Labute approximate surface area is 120 Å². The van der Waals surface area contributed by atoms with Gasteiger partial charge < -0.3 is 14.6 Å². The summed E-state index contributed by atoms with van der Waals surface area (Å²) in [6.45, 7) is 8.89. The molecule has 1 aromatic heterocycles. The fourth-order valence-electron chi connectivity index (χ4n) is 3.13. The second kappa shape index (κ2) is 5.98.